The number of hydrazine groups is 1. The van der Waals surface area contributed by atoms with Crippen LogP contribution in [0.15, 0.2) is 22.9 Å². The van der Waals surface area contributed by atoms with Gasteiger partial charge in [-0.1, -0.05) is 11.6 Å². The molecule has 2 aromatic rings. The van der Waals surface area contributed by atoms with E-state index in [0.717, 1.165) is 0 Å². The van der Waals surface area contributed by atoms with Crippen molar-refractivity contribution in [3.8, 4) is 0 Å². The Kier molecular flexibility index (Phi) is 4.19. The van der Waals surface area contributed by atoms with Gasteiger partial charge < -0.3 is 0 Å². The summed E-state index contributed by atoms with van der Waals surface area (Å²) >= 11 is 9.16. The molecule has 2 N–H and O–H groups in total. The highest BCUT2D eigenvalue weighted by Crippen LogP contribution is 2.23. The van der Waals surface area contributed by atoms with E-state index in [9.17, 15) is 18.4 Å². The highest BCUT2D eigenvalue weighted by molar-refractivity contribution is 9.10. The Balaban J connectivity index is 2.25. The molecule has 106 valence electrons. The van der Waals surface area contributed by atoms with Gasteiger partial charge in [-0.15, -0.1) is 0 Å². The van der Waals surface area contributed by atoms with Gasteiger partial charge in [0.2, 0.25) is 5.82 Å². The maximum absolute atomic E-state index is 12.0. The number of hydrogen-bond donors (Lipinski definition) is 2. The molecule has 0 bridgehead atoms. The number of fused-ring (bicyclic) bond motifs is 1. The number of amides is 2. The van der Waals surface area contributed by atoms with Crippen molar-refractivity contribution in [3.05, 3.63) is 33.8 Å². The molecule has 0 radical (unpaired) electrons. The standard InChI is InChI=1S/C10H6BrClF2N4O2/c11-4-1-5(12)6-2-15-8(18(6)3-4)10(20)17-16-9(19)7(13)14/h1-3,7H,(H,16,19)(H,17,20). The minimum Gasteiger partial charge on any atom is -0.293 e. The molecule has 2 amide bonds. The van der Waals surface area contributed by atoms with Crippen molar-refractivity contribution in [1.29, 1.82) is 0 Å². The zero-order valence-corrected chi connectivity index (χ0v) is 11.9. The van der Waals surface area contributed by atoms with Crippen LogP contribution in [0.4, 0.5) is 8.78 Å². The first-order chi connectivity index (χ1) is 9.40. The molecule has 0 spiro atoms. The van der Waals surface area contributed by atoms with Crippen LogP contribution in [0.1, 0.15) is 10.6 Å². The minimum atomic E-state index is -3.23. The van der Waals surface area contributed by atoms with Crippen molar-refractivity contribution in [3.63, 3.8) is 0 Å². The third kappa shape index (κ3) is 2.88. The lowest BCUT2D eigenvalue weighted by atomic mass is 10.4. The molecular weight excluding hydrogens is 361 g/mol. The molecule has 0 aliphatic heterocycles. The molecule has 0 unspecified atom stereocenters. The van der Waals surface area contributed by atoms with Gasteiger partial charge in [-0.25, -0.2) is 4.98 Å². The molecule has 0 saturated carbocycles. The van der Waals surface area contributed by atoms with Gasteiger partial charge in [-0.05, 0) is 22.0 Å². The smallest absolute Gasteiger partial charge is 0.293 e. The zero-order chi connectivity index (χ0) is 14.9. The lowest BCUT2D eigenvalue weighted by Gasteiger charge is -2.06. The predicted octanol–water partition coefficient (Wildman–Crippen LogP) is 1.78. The number of rotatable bonds is 2. The van der Waals surface area contributed by atoms with Gasteiger partial charge in [-0.2, -0.15) is 8.78 Å². The van der Waals surface area contributed by atoms with Gasteiger partial charge in [0, 0.05) is 10.7 Å². The van der Waals surface area contributed by atoms with Gasteiger partial charge in [0.25, 0.3) is 0 Å². The number of carbonyl (C=O) groups excluding carboxylic acids is 2. The molecule has 0 fully saturated rings. The van der Waals surface area contributed by atoms with Crippen molar-refractivity contribution in [1.82, 2.24) is 20.2 Å². The second-order valence-electron chi connectivity index (χ2n) is 3.59. The number of aromatic nitrogens is 2. The number of carbonyl (C=O) groups is 2. The van der Waals surface area contributed by atoms with Crippen LogP contribution in [-0.4, -0.2) is 27.6 Å². The Bertz CT molecular complexity index is 691. The summed E-state index contributed by atoms with van der Waals surface area (Å²) in [6, 6.07) is 1.61. The molecule has 2 aromatic heterocycles. The van der Waals surface area contributed by atoms with Gasteiger partial charge >= 0.3 is 18.2 Å². The summed E-state index contributed by atoms with van der Waals surface area (Å²) in [7, 11) is 0. The second kappa shape index (κ2) is 5.71. The molecule has 0 aliphatic carbocycles. The minimum absolute atomic E-state index is 0.113. The molecule has 2 rings (SSSR count). The third-order valence-corrected chi connectivity index (χ3v) is 3.00. The fourth-order valence-electron chi connectivity index (χ4n) is 1.42. The first-order valence-electron chi connectivity index (χ1n) is 5.10. The Morgan fingerprint density at radius 3 is 2.75 bits per heavy atom. The van der Waals surface area contributed by atoms with Crippen molar-refractivity contribution >= 4 is 44.9 Å². The number of pyridine rings is 1. The van der Waals surface area contributed by atoms with Gasteiger partial charge in [-0.3, -0.25) is 24.8 Å². The number of alkyl halides is 2. The van der Waals surface area contributed by atoms with E-state index in [1.807, 2.05) is 5.43 Å². The summed E-state index contributed by atoms with van der Waals surface area (Å²) in [5.41, 5.74) is 3.87. The monoisotopic (exact) mass is 366 g/mol. The predicted molar refractivity (Wildman–Crippen MR) is 69.5 cm³/mol. The van der Waals surface area contributed by atoms with Crippen LogP contribution in [0.25, 0.3) is 5.52 Å². The molecule has 0 aliphatic rings. The van der Waals surface area contributed by atoms with E-state index in [1.54, 1.807) is 11.5 Å². The topological polar surface area (TPSA) is 75.5 Å². The molecule has 20 heavy (non-hydrogen) atoms. The van der Waals surface area contributed by atoms with Crippen molar-refractivity contribution in [2.75, 3.05) is 0 Å². The van der Waals surface area contributed by atoms with Crippen LogP contribution in [0.2, 0.25) is 5.02 Å². The number of halogens is 4. The van der Waals surface area contributed by atoms with Crippen LogP contribution < -0.4 is 10.9 Å². The quantitative estimate of drug-likeness (QED) is 0.795. The first kappa shape index (κ1) is 14.7. The first-order valence-corrected chi connectivity index (χ1v) is 6.27. The average molecular weight is 368 g/mol. The van der Waals surface area contributed by atoms with E-state index in [-0.39, 0.29) is 5.82 Å². The fourth-order valence-corrected chi connectivity index (χ4v) is 2.24. The van der Waals surface area contributed by atoms with Gasteiger partial charge in [0.15, 0.2) is 0 Å². The maximum atomic E-state index is 12.0. The van der Waals surface area contributed by atoms with Crippen LogP contribution in [-0.2, 0) is 4.79 Å². The molecule has 10 heteroatoms. The van der Waals surface area contributed by atoms with Crippen molar-refractivity contribution in [2.24, 2.45) is 0 Å². The summed E-state index contributed by atoms with van der Waals surface area (Å²) in [4.78, 5) is 26.2. The Labute approximate surface area is 124 Å². The number of nitrogens with one attached hydrogen (secondary N) is 2. The second-order valence-corrected chi connectivity index (χ2v) is 4.91. The van der Waals surface area contributed by atoms with E-state index >= 15 is 0 Å². The summed E-state index contributed by atoms with van der Waals surface area (Å²) in [5.74, 6) is -2.58. The molecule has 0 saturated heterocycles. The van der Waals surface area contributed by atoms with E-state index in [4.69, 9.17) is 11.6 Å². The number of imidazole rings is 1. The van der Waals surface area contributed by atoms with Crippen LogP contribution in [0, 0.1) is 0 Å². The van der Waals surface area contributed by atoms with E-state index < -0.39 is 18.2 Å². The number of hydrogen-bond acceptors (Lipinski definition) is 3. The lowest BCUT2D eigenvalue weighted by molar-refractivity contribution is -0.132. The Morgan fingerprint density at radius 2 is 2.10 bits per heavy atom. The molecule has 0 atom stereocenters. The highest BCUT2D eigenvalue weighted by Gasteiger charge is 2.19. The summed E-state index contributed by atoms with van der Waals surface area (Å²) in [6.45, 7) is 0. The fraction of sp³-hybridized carbons (Fsp3) is 0.100. The Morgan fingerprint density at radius 1 is 1.40 bits per heavy atom. The molecular formula is C10H6BrClF2N4O2. The SMILES string of the molecule is O=C(NNC(=O)C(F)F)c1ncc2c(Cl)cc(Br)cn12. The van der Waals surface area contributed by atoms with Crippen molar-refractivity contribution in [2.45, 2.75) is 6.43 Å². The van der Waals surface area contributed by atoms with Crippen molar-refractivity contribution < 1.29 is 18.4 Å². The van der Waals surface area contributed by atoms with E-state index in [0.29, 0.717) is 15.0 Å². The van der Waals surface area contributed by atoms with Gasteiger partial charge in [0.05, 0.1) is 16.7 Å². The third-order valence-electron chi connectivity index (χ3n) is 2.26. The van der Waals surface area contributed by atoms with E-state index in [2.05, 4.69) is 20.9 Å². The van der Waals surface area contributed by atoms with Crippen LogP contribution >= 0.6 is 27.5 Å². The largest absolute Gasteiger partial charge is 0.317 e. The zero-order valence-electron chi connectivity index (χ0n) is 9.53. The molecule has 6 nitrogen and oxygen atoms in total. The van der Waals surface area contributed by atoms with Gasteiger partial charge in [0.1, 0.15) is 0 Å². The average Bonchev–Trinajstić information content (AvgIpc) is 2.79. The highest BCUT2D eigenvalue weighted by atomic mass is 79.9. The van der Waals surface area contributed by atoms with E-state index in [1.165, 1.54) is 16.8 Å². The summed E-state index contributed by atoms with van der Waals surface area (Å²) < 4.78 is 25.9. The lowest BCUT2D eigenvalue weighted by Crippen LogP contribution is -2.44. The normalized spacial score (nSPS) is 10.8. The van der Waals surface area contributed by atoms with Crippen LogP contribution in [0.5, 0.6) is 0 Å². The molecule has 2 heterocycles. The number of nitrogens with zero attached hydrogens (tertiary/aromatic N) is 2. The summed E-state index contributed by atoms with van der Waals surface area (Å²) in [6.07, 6.45) is -0.354. The Hall–Kier alpha value is -1.74. The molecule has 0 aromatic carbocycles. The van der Waals surface area contributed by atoms with Crippen LogP contribution in [0.3, 0.4) is 0 Å². The maximum Gasteiger partial charge on any atom is 0.317 e. The summed E-state index contributed by atoms with van der Waals surface area (Å²) in [5, 5.41) is 0.350.